The highest BCUT2D eigenvalue weighted by Gasteiger charge is 2.11. The minimum Gasteiger partial charge on any atom is -0.497 e. The molecule has 2 aromatic carbocycles. The van der Waals surface area contributed by atoms with Crippen LogP contribution >= 0.6 is 0 Å². The largest absolute Gasteiger partial charge is 0.497 e. The van der Waals surface area contributed by atoms with Gasteiger partial charge in [0.15, 0.2) is 17.3 Å². The van der Waals surface area contributed by atoms with E-state index in [4.69, 9.17) is 15.2 Å². The van der Waals surface area contributed by atoms with Crippen LogP contribution in [0.25, 0.3) is 0 Å². The maximum atomic E-state index is 13.4. The smallest absolute Gasteiger partial charge is 0.217 e. The molecule has 0 radical (unpaired) electrons. The Morgan fingerprint density at radius 3 is 2.11 bits per heavy atom. The molecule has 2 N–H and O–H groups in total. The topological polar surface area (TPSA) is 81.9 Å². The number of Topliss-reactive ketones (excluding diaryl/α,β-unsaturated/α-hetero) is 1. The molecule has 0 unspecified atom stereocenters. The Morgan fingerprint density at radius 2 is 1.54 bits per heavy atom. The molecule has 1 aliphatic heterocycles. The number of carbonyl (C=O) groups is 2. The van der Waals surface area contributed by atoms with Crippen molar-refractivity contribution in [1.82, 2.24) is 4.90 Å². The van der Waals surface area contributed by atoms with E-state index in [1.165, 1.54) is 33.0 Å². The Kier molecular flexibility index (Phi) is 16.7. The molecule has 0 atom stereocenters. The van der Waals surface area contributed by atoms with Crippen molar-refractivity contribution in [2.45, 2.75) is 71.6 Å². The molecule has 7 heteroatoms. The number of methoxy groups -OCH3 is 2. The maximum absolute atomic E-state index is 13.4. The molecular formula is C30H45FN2O4. The number of benzene rings is 2. The van der Waals surface area contributed by atoms with Crippen LogP contribution in [0.15, 0.2) is 42.5 Å². The minimum atomic E-state index is -0.281. The van der Waals surface area contributed by atoms with Crippen LogP contribution in [0.4, 0.5) is 4.39 Å². The van der Waals surface area contributed by atoms with Gasteiger partial charge in [-0.25, -0.2) is 4.39 Å². The number of aryl methyl sites for hydroxylation is 1. The number of nitrogens with zero attached hydrogens (tertiary/aromatic N) is 1. The molecule has 206 valence electrons. The van der Waals surface area contributed by atoms with Gasteiger partial charge in [0.2, 0.25) is 5.91 Å². The molecule has 6 nitrogen and oxygen atoms in total. The monoisotopic (exact) mass is 516 g/mol. The number of halogens is 1. The third-order valence-corrected chi connectivity index (χ3v) is 6.09. The van der Waals surface area contributed by atoms with Crippen molar-refractivity contribution in [1.29, 1.82) is 0 Å². The van der Waals surface area contributed by atoms with E-state index in [2.05, 4.69) is 4.90 Å². The number of ketones is 1. The van der Waals surface area contributed by atoms with Gasteiger partial charge in [-0.15, -0.1) is 0 Å². The van der Waals surface area contributed by atoms with E-state index in [1.54, 1.807) is 43.5 Å². The Balaban J connectivity index is 0.000000347. The number of ether oxygens (including phenoxy) is 2. The van der Waals surface area contributed by atoms with Crippen molar-refractivity contribution in [2.75, 3.05) is 33.9 Å². The lowest BCUT2D eigenvalue weighted by Gasteiger charge is -2.14. The fraction of sp³-hybridized carbons (Fsp3) is 0.533. The highest BCUT2D eigenvalue weighted by molar-refractivity contribution is 5.96. The van der Waals surface area contributed by atoms with Crippen LogP contribution in [-0.4, -0.2) is 50.4 Å². The van der Waals surface area contributed by atoms with Crippen molar-refractivity contribution in [3.05, 3.63) is 59.4 Å². The lowest BCUT2D eigenvalue weighted by Crippen LogP contribution is -2.20. The summed E-state index contributed by atoms with van der Waals surface area (Å²) in [5.74, 6) is 0.653. The molecule has 0 saturated carbocycles. The van der Waals surface area contributed by atoms with Crippen molar-refractivity contribution in [3.8, 4) is 11.5 Å². The van der Waals surface area contributed by atoms with E-state index >= 15 is 0 Å². The van der Waals surface area contributed by atoms with Gasteiger partial charge >= 0.3 is 0 Å². The molecule has 1 fully saturated rings. The van der Waals surface area contributed by atoms with Crippen LogP contribution in [0.5, 0.6) is 11.5 Å². The number of rotatable bonds is 13. The van der Waals surface area contributed by atoms with E-state index in [0.717, 1.165) is 50.0 Å². The third kappa shape index (κ3) is 13.3. The summed E-state index contributed by atoms with van der Waals surface area (Å²) in [4.78, 5) is 24.8. The second-order valence-corrected chi connectivity index (χ2v) is 8.80. The van der Waals surface area contributed by atoms with Gasteiger partial charge in [0.25, 0.3) is 0 Å². The molecule has 0 spiro atoms. The molecule has 2 aromatic rings. The van der Waals surface area contributed by atoms with Crippen LogP contribution in [0.1, 0.15) is 81.1 Å². The zero-order valence-corrected chi connectivity index (χ0v) is 23.1. The lowest BCUT2D eigenvalue weighted by atomic mass is 10.0. The van der Waals surface area contributed by atoms with Crippen LogP contribution in [0.2, 0.25) is 0 Å². The number of amides is 1. The summed E-state index contributed by atoms with van der Waals surface area (Å²) >= 11 is 0. The van der Waals surface area contributed by atoms with Gasteiger partial charge in [0.1, 0.15) is 5.75 Å². The molecule has 1 aliphatic rings. The SMILES string of the molecule is CC.COc1ccc(C(=O)CCCCCC(N)=O)cc1.COc1ccc(CCCN2CCCC2)cc1F. The van der Waals surface area contributed by atoms with Crippen molar-refractivity contribution in [2.24, 2.45) is 5.73 Å². The maximum Gasteiger partial charge on any atom is 0.217 e. The van der Waals surface area contributed by atoms with E-state index in [-0.39, 0.29) is 17.5 Å². The Labute approximate surface area is 222 Å². The molecule has 37 heavy (non-hydrogen) atoms. The van der Waals surface area contributed by atoms with Gasteiger partial charge in [-0.2, -0.15) is 0 Å². The second kappa shape index (κ2) is 19.2. The molecular weight excluding hydrogens is 471 g/mol. The predicted octanol–water partition coefficient (Wildman–Crippen LogP) is 6.20. The van der Waals surface area contributed by atoms with Gasteiger partial charge < -0.3 is 20.1 Å². The summed E-state index contributed by atoms with van der Waals surface area (Å²) in [5.41, 5.74) is 6.79. The molecule has 0 bridgehead atoms. The van der Waals surface area contributed by atoms with Gasteiger partial charge in [-0.3, -0.25) is 9.59 Å². The highest BCUT2D eigenvalue weighted by Crippen LogP contribution is 2.19. The summed E-state index contributed by atoms with van der Waals surface area (Å²) in [6.07, 6.45) is 8.01. The van der Waals surface area contributed by atoms with Crippen LogP contribution < -0.4 is 15.2 Å². The molecule has 3 rings (SSSR count). The van der Waals surface area contributed by atoms with Crippen LogP contribution in [-0.2, 0) is 11.2 Å². The standard InChI is InChI=1S/C14H20FNO.C14H19NO3.C2H6/c1-17-14-7-6-12(11-13(14)15)5-4-10-16-8-2-3-9-16;1-18-12-9-7-11(8-10-12)13(16)5-3-2-4-6-14(15)17;1-2/h6-7,11H,2-5,8-10H2,1H3;7-10H,2-6H2,1H3,(H2,15,17);1-2H3. The van der Waals surface area contributed by atoms with E-state index < -0.39 is 0 Å². The fourth-order valence-corrected chi connectivity index (χ4v) is 4.06. The molecule has 1 heterocycles. The van der Waals surface area contributed by atoms with Gasteiger partial charge in [-0.05, 0) is 100 Å². The first-order valence-corrected chi connectivity index (χ1v) is 13.4. The molecule has 1 saturated heterocycles. The van der Waals surface area contributed by atoms with E-state index in [0.29, 0.717) is 24.2 Å². The average molecular weight is 517 g/mol. The normalized spacial score (nSPS) is 12.6. The first-order chi connectivity index (χ1) is 17.9. The van der Waals surface area contributed by atoms with E-state index in [9.17, 15) is 14.0 Å². The number of hydrogen-bond acceptors (Lipinski definition) is 5. The molecule has 0 aromatic heterocycles. The van der Waals surface area contributed by atoms with Crippen LogP contribution in [0, 0.1) is 5.82 Å². The summed E-state index contributed by atoms with van der Waals surface area (Å²) < 4.78 is 23.4. The fourth-order valence-electron chi connectivity index (χ4n) is 4.06. The number of primary amides is 1. The molecule has 1 amide bonds. The first-order valence-electron chi connectivity index (χ1n) is 13.4. The zero-order chi connectivity index (χ0) is 27.5. The quantitative estimate of drug-likeness (QED) is 0.253. The lowest BCUT2D eigenvalue weighted by molar-refractivity contribution is -0.118. The summed E-state index contributed by atoms with van der Waals surface area (Å²) in [5, 5.41) is 0. The predicted molar refractivity (Wildman–Crippen MR) is 148 cm³/mol. The highest BCUT2D eigenvalue weighted by atomic mass is 19.1. The Hall–Kier alpha value is -2.93. The van der Waals surface area contributed by atoms with Gasteiger partial charge in [0.05, 0.1) is 14.2 Å². The second-order valence-electron chi connectivity index (χ2n) is 8.80. The van der Waals surface area contributed by atoms with Crippen molar-refractivity contribution < 1.29 is 23.5 Å². The number of likely N-dealkylation sites (tertiary alicyclic amines) is 1. The molecule has 0 aliphatic carbocycles. The average Bonchev–Trinajstić information content (AvgIpc) is 3.43. The van der Waals surface area contributed by atoms with E-state index in [1.807, 2.05) is 19.9 Å². The third-order valence-electron chi connectivity index (χ3n) is 6.09. The number of carbonyl (C=O) groups excluding carboxylic acids is 2. The Bertz CT molecular complexity index is 912. The number of nitrogens with two attached hydrogens (primary N) is 1. The summed E-state index contributed by atoms with van der Waals surface area (Å²) in [6.45, 7) is 7.60. The Morgan fingerprint density at radius 1 is 0.892 bits per heavy atom. The zero-order valence-electron chi connectivity index (χ0n) is 23.1. The van der Waals surface area contributed by atoms with Gasteiger partial charge in [-0.1, -0.05) is 26.3 Å². The van der Waals surface area contributed by atoms with Crippen molar-refractivity contribution in [3.63, 3.8) is 0 Å². The van der Waals surface area contributed by atoms with Crippen molar-refractivity contribution >= 4 is 11.7 Å². The summed E-state index contributed by atoms with van der Waals surface area (Å²) in [6, 6.07) is 12.3. The number of hydrogen-bond donors (Lipinski definition) is 1. The van der Waals surface area contributed by atoms with Crippen LogP contribution in [0.3, 0.4) is 0 Å². The number of unbranched alkanes of at least 4 members (excludes halogenated alkanes) is 2. The minimum absolute atomic E-state index is 0.122. The summed E-state index contributed by atoms with van der Waals surface area (Å²) in [7, 11) is 3.08. The van der Waals surface area contributed by atoms with Gasteiger partial charge in [0, 0.05) is 18.4 Å². The first kappa shape index (κ1) is 32.1.